The Morgan fingerprint density at radius 2 is 1.87 bits per heavy atom. The highest BCUT2D eigenvalue weighted by Crippen LogP contribution is 2.66. The summed E-state index contributed by atoms with van der Waals surface area (Å²) in [5.74, 6) is -2.12. The van der Waals surface area contributed by atoms with Crippen LogP contribution in [-0.2, 0) is 9.59 Å². The Bertz CT molecular complexity index is 315. The van der Waals surface area contributed by atoms with Gasteiger partial charge in [0, 0.05) is 0 Å². The number of rotatable bonds is 3. The first kappa shape index (κ1) is 10.6. The van der Waals surface area contributed by atoms with Gasteiger partial charge in [-0.15, -0.1) is 0 Å². The van der Waals surface area contributed by atoms with E-state index in [-0.39, 0.29) is 17.9 Å². The minimum atomic E-state index is -1.40. The molecule has 4 heteroatoms. The van der Waals surface area contributed by atoms with Crippen molar-refractivity contribution in [2.45, 2.75) is 32.6 Å². The highest BCUT2D eigenvalue weighted by molar-refractivity contribution is 6.35. The SMILES string of the molecule is CC12CCC(CC1)C2(CO)C(=O)C(=O)O. The molecule has 1 atom stereocenters. The van der Waals surface area contributed by atoms with E-state index in [1.807, 2.05) is 6.92 Å². The summed E-state index contributed by atoms with van der Waals surface area (Å²) in [5, 5.41) is 18.4. The van der Waals surface area contributed by atoms with Gasteiger partial charge in [-0.2, -0.15) is 0 Å². The van der Waals surface area contributed by atoms with Crippen LogP contribution in [0.1, 0.15) is 32.6 Å². The number of carboxylic acid groups (broad SMARTS) is 1. The highest BCUT2D eigenvalue weighted by atomic mass is 16.4. The molecule has 2 rings (SSSR count). The van der Waals surface area contributed by atoms with Crippen molar-refractivity contribution in [3.8, 4) is 0 Å². The summed E-state index contributed by atoms with van der Waals surface area (Å²) in [6.45, 7) is 1.62. The van der Waals surface area contributed by atoms with E-state index in [2.05, 4.69) is 0 Å². The summed E-state index contributed by atoms with van der Waals surface area (Å²) < 4.78 is 0. The normalized spacial score (nSPS) is 43.2. The second-order valence-electron chi connectivity index (χ2n) is 5.10. The third-order valence-electron chi connectivity index (χ3n) is 4.71. The molecule has 0 saturated heterocycles. The third-order valence-corrected chi connectivity index (χ3v) is 4.71. The molecule has 0 aliphatic heterocycles. The summed E-state index contributed by atoms with van der Waals surface area (Å²) in [6, 6.07) is 0. The lowest BCUT2D eigenvalue weighted by Gasteiger charge is -2.36. The zero-order valence-corrected chi connectivity index (χ0v) is 8.82. The number of aliphatic hydroxyl groups excluding tert-OH is 1. The molecule has 0 aromatic rings. The average molecular weight is 212 g/mol. The number of carbonyl (C=O) groups excluding carboxylic acids is 1. The van der Waals surface area contributed by atoms with Gasteiger partial charge in [-0.25, -0.2) is 4.79 Å². The summed E-state index contributed by atoms with van der Waals surface area (Å²) in [7, 11) is 0. The molecule has 2 saturated carbocycles. The van der Waals surface area contributed by atoms with Crippen molar-refractivity contribution in [2.24, 2.45) is 16.7 Å². The molecular formula is C11H16O4. The standard InChI is InChI=1S/C11H16O4/c1-10-4-2-7(3-5-10)11(10,6-12)8(13)9(14)15/h7,12H,2-6H2,1H3,(H,14,15). The van der Waals surface area contributed by atoms with Crippen LogP contribution in [-0.4, -0.2) is 28.6 Å². The van der Waals surface area contributed by atoms with Crippen LogP contribution in [0.3, 0.4) is 0 Å². The van der Waals surface area contributed by atoms with E-state index < -0.39 is 17.2 Å². The maximum atomic E-state index is 11.8. The van der Waals surface area contributed by atoms with Gasteiger partial charge >= 0.3 is 5.97 Å². The van der Waals surface area contributed by atoms with Crippen LogP contribution < -0.4 is 0 Å². The number of Topliss-reactive ketones (excluding diaryl/α,β-unsaturated/α-hetero) is 1. The van der Waals surface area contributed by atoms with Gasteiger partial charge in [0.2, 0.25) is 5.78 Å². The Morgan fingerprint density at radius 1 is 1.33 bits per heavy atom. The van der Waals surface area contributed by atoms with Crippen molar-refractivity contribution < 1.29 is 19.8 Å². The molecule has 0 heterocycles. The fourth-order valence-electron chi connectivity index (χ4n) is 3.73. The highest BCUT2D eigenvalue weighted by Gasteiger charge is 2.66. The lowest BCUT2D eigenvalue weighted by Crippen LogP contribution is -2.48. The van der Waals surface area contributed by atoms with E-state index >= 15 is 0 Å². The molecule has 1 unspecified atom stereocenters. The topological polar surface area (TPSA) is 74.6 Å². The predicted octanol–water partition coefficient (Wildman–Crippen LogP) is 0.829. The molecule has 0 aromatic carbocycles. The van der Waals surface area contributed by atoms with Crippen LogP contribution in [0.15, 0.2) is 0 Å². The van der Waals surface area contributed by atoms with Crippen molar-refractivity contribution in [3.63, 3.8) is 0 Å². The van der Waals surface area contributed by atoms with Gasteiger partial charge < -0.3 is 10.2 Å². The number of aliphatic carboxylic acids is 1. The van der Waals surface area contributed by atoms with E-state index in [0.717, 1.165) is 25.7 Å². The number of hydrogen-bond donors (Lipinski definition) is 2. The molecular weight excluding hydrogens is 196 g/mol. The van der Waals surface area contributed by atoms with E-state index in [0.29, 0.717) is 0 Å². The Hall–Kier alpha value is -0.900. The average Bonchev–Trinajstić information content (AvgIpc) is 2.64. The minimum Gasteiger partial charge on any atom is -0.475 e. The number of fused-ring (bicyclic) bond motifs is 2. The Kier molecular flexibility index (Phi) is 2.15. The van der Waals surface area contributed by atoms with Crippen molar-refractivity contribution >= 4 is 11.8 Å². The zero-order chi connectivity index (χ0) is 11.3. The summed E-state index contributed by atoms with van der Waals surface area (Å²) >= 11 is 0. The van der Waals surface area contributed by atoms with E-state index in [1.165, 1.54) is 0 Å². The molecule has 84 valence electrons. The first-order valence-electron chi connectivity index (χ1n) is 5.36. The van der Waals surface area contributed by atoms with Crippen molar-refractivity contribution in [1.29, 1.82) is 0 Å². The fraction of sp³-hybridized carbons (Fsp3) is 0.818. The minimum absolute atomic E-state index is 0.0658. The Balaban J connectivity index is 2.46. The van der Waals surface area contributed by atoms with Crippen molar-refractivity contribution in [2.75, 3.05) is 6.61 Å². The molecule has 0 amide bonds. The quantitative estimate of drug-likeness (QED) is 0.679. The Labute approximate surface area is 88.3 Å². The first-order chi connectivity index (χ1) is 6.98. The van der Waals surface area contributed by atoms with Crippen LogP contribution >= 0.6 is 0 Å². The van der Waals surface area contributed by atoms with Crippen LogP contribution in [0.5, 0.6) is 0 Å². The number of ketones is 1. The molecule has 0 aromatic heterocycles. The second kappa shape index (κ2) is 3.04. The molecule has 2 fully saturated rings. The van der Waals surface area contributed by atoms with Gasteiger partial charge in [0.15, 0.2) is 0 Å². The summed E-state index contributed by atoms with van der Waals surface area (Å²) in [5.41, 5.74) is -1.30. The van der Waals surface area contributed by atoms with Gasteiger partial charge in [-0.3, -0.25) is 4.79 Å². The van der Waals surface area contributed by atoms with Crippen molar-refractivity contribution in [3.05, 3.63) is 0 Å². The van der Waals surface area contributed by atoms with Crippen LogP contribution in [0.2, 0.25) is 0 Å². The lowest BCUT2D eigenvalue weighted by molar-refractivity contribution is -0.159. The molecule has 0 spiro atoms. The van der Waals surface area contributed by atoms with E-state index in [4.69, 9.17) is 5.11 Å². The second-order valence-corrected chi connectivity index (χ2v) is 5.10. The maximum Gasteiger partial charge on any atom is 0.372 e. The predicted molar refractivity (Wildman–Crippen MR) is 52.2 cm³/mol. The number of carboxylic acids is 1. The van der Waals surface area contributed by atoms with Gasteiger partial charge in [0.25, 0.3) is 0 Å². The van der Waals surface area contributed by atoms with Crippen LogP contribution in [0, 0.1) is 16.7 Å². The number of hydrogen-bond acceptors (Lipinski definition) is 3. The Morgan fingerprint density at radius 3 is 2.13 bits per heavy atom. The van der Waals surface area contributed by atoms with Crippen LogP contribution in [0.4, 0.5) is 0 Å². The van der Waals surface area contributed by atoms with Gasteiger partial charge in [-0.1, -0.05) is 6.92 Å². The summed E-state index contributed by atoms with van der Waals surface area (Å²) in [6.07, 6.45) is 3.46. The first-order valence-corrected chi connectivity index (χ1v) is 5.36. The van der Waals surface area contributed by atoms with Crippen LogP contribution in [0.25, 0.3) is 0 Å². The molecule has 2 aliphatic carbocycles. The summed E-state index contributed by atoms with van der Waals surface area (Å²) in [4.78, 5) is 22.7. The molecule has 4 nitrogen and oxygen atoms in total. The monoisotopic (exact) mass is 212 g/mol. The molecule has 2 bridgehead atoms. The van der Waals surface area contributed by atoms with Gasteiger partial charge in [0.1, 0.15) is 0 Å². The number of aliphatic hydroxyl groups is 1. The molecule has 2 N–H and O–H groups in total. The molecule has 15 heavy (non-hydrogen) atoms. The third kappa shape index (κ3) is 1.06. The van der Waals surface area contributed by atoms with Gasteiger partial charge in [-0.05, 0) is 37.0 Å². The van der Waals surface area contributed by atoms with Gasteiger partial charge in [0.05, 0.1) is 12.0 Å². The number of carbonyl (C=O) groups is 2. The largest absolute Gasteiger partial charge is 0.475 e. The van der Waals surface area contributed by atoms with E-state index in [1.54, 1.807) is 0 Å². The lowest BCUT2D eigenvalue weighted by atomic mass is 9.66. The zero-order valence-electron chi connectivity index (χ0n) is 8.82. The van der Waals surface area contributed by atoms with E-state index in [9.17, 15) is 14.7 Å². The molecule has 2 aliphatic rings. The molecule has 0 radical (unpaired) electrons. The fourth-order valence-corrected chi connectivity index (χ4v) is 3.73. The maximum absolute atomic E-state index is 11.8. The smallest absolute Gasteiger partial charge is 0.372 e. The van der Waals surface area contributed by atoms with Crippen molar-refractivity contribution in [1.82, 2.24) is 0 Å².